The van der Waals surface area contributed by atoms with Crippen LogP contribution in [-0.4, -0.2) is 11.6 Å². The number of unbranched alkanes of at least 4 members (excludes halogenated alkanes) is 7. The second kappa shape index (κ2) is 15.1. The van der Waals surface area contributed by atoms with E-state index in [1.54, 1.807) is 0 Å². The highest BCUT2D eigenvalue weighted by Gasteiger charge is 2.21. The number of hydrogen-bond acceptors (Lipinski definition) is 2. The highest BCUT2D eigenvalue weighted by Crippen LogP contribution is 2.32. The molecule has 182 valence electrons. The SMILES string of the molecule is CCCCCCCc1ccc(-c2ccc(OC[C@H]3CC[C@H](CCCCCC)CC3)cc2)nc1. The minimum absolute atomic E-state index is 0.729. The number of hydrogen-bond donors (Lipinski definition) is 0. The average Bonchev–Trinajstić information content (AvgIpc) is 2.87. The first-order chi connectivity index (χ1) is 16.3. The molecule has 0 atom stereocenters. The molecule has 3 rings (SSSR count). The van der Waals surface area contributed by atoms with E-state index in [0.717, 1.165) is 36.3 Å². The third kappa shape index (κ3) is 9.51. The molecule has 1 aromatic carbocycles. The molecule has 0 saturated heterocycles. The minimum atomic E-state index is 0.729. The third-order valence-corrected chi connectivity index (χ3v) is 7.46. The van der Waals surface area contributed by atoms with Gasteiger partial charge in [0.15, 0.2) is 0 Å². The van der Waals surface area contributed by atoms with Gasteiger partial charge in [0.1, 0.15) is 5.75 Å². The monoisotopic (exact) mass is 449 g/mol. The van der Waals surface area contributed by atoms with E-state index in [2.05, 4.69) is 56.4 Å². The van der Waals surface area contributed by atoms with Crippen LogP contribution >= 0.6 is 0 Å². The van der Waals surface area contributed by atoms with Crippen LogP contribution in [0.25, 0.3) is 11.3 Å². The summed E-state index contributed by atoms with van der Waals surface area (Å²) in [4.78, 5) is 4.71. The van der Waals surface area contributed by atoms with Gasteiger partial charge in [-0.2, -0.15) is 0 Å². The molecule has 2 aromatic rings. The van der Waals surface area contributed by atoms with E-state index in [1.165, 1.54) is 101 Å². The molecule has 1 saturated carbocycles. The lowest BCUT2D eigenvalue weighted by molar-refractivity contribution is 0.177. The van der Waals surface area contributed by atoms with Gasteiger partial charge < -0.3 is 4.74 Å². The summed E-state index contributed by atoms with van der Waals surface area (Å²) in [5, 5.41) is 0. The van der Waals surface area contributed by atoms with E-state index in [4.69, 9.17) is 9.72 Å². The molecule has 1 aliphatic rings. The van der Waals surface area contributed by atoms with Crippen LogP contribution in [0.15, 0.2) is 42.6 Å². The number of benzene rings is 1. The molecule has 1 aliphatic carbocycles. The van der Waals surface area contributed by atoms with Gasteiger partial charge in [0, 0.05) is 11.8 Å². The molecule has 33 heavy (non-hydrogen) atoms. The van der Waals surface area contributed by atoms with Gasteiger partial charge in [0.2, 0.25) is 0 Å². The van der Waals surface area contributed by atoms with Gasteiger partial charge in [-0.1, -0.05) is 90.5 Å². The van der Waals surface area contributed by atoms with Crippen molar-refractivity contribution in [2.45, 2.75) is 110 Å². The fourth-order valence-corrected chi connectivity index (χ4v) is 5.16. The molecular formula is C31H47NO. The average molecular weight is 450 g/mol. The zero-order valence-corrected chi connectivity index (χ0v) is 21.4. The molecule has 1 fully saturated rings. The summed E-state index contributed by atoms with van der Waals surface area (Å²) in [5.74, 6) is 2.69. The topological polar surface area (TPSA) is 22.1 Å². The second-order valence-corrected chi connectivity index (χ2v) is 10.3. The zero-order valence-electron chi connectivity index (χ0n) is 21.4. The van der Waals surface area contributed by atoms with Gasteiger partial charge in [0.05, 0.1) is 12.3 Å². The number of ether oxygens (including phenoxy) is 1. The van der Waals surface area contributed by atoms with E-state index in [0.29, 0.717) is 0 Å². The molecule has 2 nitrogen and oxygen atoms in total. The standard InChI is InChI=1S/C31H47NO/c1-3-5-7-9-11-13-27-18-23-31(32-24-27)29-19-21-30(22-20-29)33-25-28-16-14-26(15-17-28)12-10-8-6-4-2/h18-24,26,28H,3-17,25H2,1-2H3/t26-,28-. The van der Waals surface area contributed by atoms with Crippen LogP contribution in [0, 0.1) is 11.8 Å². The number of aromatic nitrogens is 1. The molecule has 0 radical (unpaired) electrons. The number of pyridine rings is 1. The van der Waals surface area contributed by atoms with Crippen molar-refractivity contribution in [3.63, 3.8) is 0 Å². The summed E-state index contributed by atoms with van der Waals surface area (Å²) in [7, 11) is 0. The predicted octanol–water partition coefficient (Wildman–Crippen LogP) is 9.42. The molecule has 1 aromatic heterocycles. The highest BCUT2D eigenvalue weighted by molar-refractivity contribution is 5.60. The first kappa shape index (κ1) is 25.8. The third-order valence-electron chi connectivity index (χ3n) is 7.46. The van der Waals surface area contributed by atoms with Crippen molar-refractivity contribution in [2.24, 2.45) is 11.8 Å². The largest absolute Gasteiger partial charge is 0.493 e. The van der Waals surface area contributed by atoms with Gasteiger partial charge in [0.25, 0.3) is 0 Å². The van der Waals surface area contributed by atoms with E-state index in [1.807, 2.05) is 0 Å². The molecule has 1 heterocycles. The van der Waals surface area contributed by atoms with Gasteiger partial charge in [-0.25, -0.2) is 0 Å². The molecule has 0 spiro atoms. The van der Waals surface area contributed by atoms with Crippen molar-refractivity contribution in [1.29, 1.82) is 0 Å². The summed E-state index contributed by atoms with van der Waals surface area (Å²) in [5.41, 5.74) is 3.57. The summed E-state index contributed by atoms with van der Waals surface area (Å²) < 4.78 is 6.16. The van der Waals surface area contributed by atoms with Gasteiger partial charge in [-0.3, -0.25) is 4.98 Å². The van der Waals surface area contributed by atoms with Crippen molar-refractivity contribution in [3.8, 4) is 17.0 Å². The van der Waals surface area contributed by atoms with E-state index in [-0.39, 0.29) is 0 Å². The lowest BCUT2D eigenvalue weighted by Gasteiger charge is -2.28. The lowest BCUT2D eigenvalue weighted by Crippen LogP contribution is -2.20. The van der Waals surface area contributed by atoms with Crippen molar-refractivity contribution in [1.82, 2.24) is 4.98 Å². The van der Waals surface area contributed by atoms with Crippen molar-refractivity contribution >= 4 is 0 Å². The maximum Gasteiger partial charge on any atom is 0.119 e. The molecule has 0 N–H and O–H groups in total. The Bertz CT molecular complexity index is 743. The molecule has 0 aliphatic heterocycles. The van der Waals surface area contributed by atoms with Crippen LogP contribution in [-0.2, 0) is 6.42 Å². The normalized spacial score (nSPS) is 18.4. The van der Waals surface area contributed by atoms with Crippen LogP contribution in [0.3, 0.4) is 0 Å². The number of rotatable bonds is 15. The fraction of sp³-hybridized carbons (Fsp3) is 0.645. The van der Waals surface area contributed by atoms with E-state index < -0.39 is 0 Å². The Morgan fingerprint density at radius 2 is 1.39 bits per heavy atom. The molecule has 0 unspecified atom stereocenters. The van der Waals surface area contributed by atoms with Crippen molar-refractivity contribution < 1.29 is 4.74 Å². The Morgan fingerprint density at radius 3 is 2.06 bits per heavy atom. The Kier molecular flexibility index (Phi) is 11.8. The maximum absolute atomic E-state index is 6.16. The summed E-state index contributed by atoms with van der Waals surface area (Å²) in [6.45, 7) is 5.43. The smallest absolute Gasteiger partial charge is 0.119 e. The summed E-state index contributed by atoms with van der Waals surface area (Å²) in [6, 6.07) is 12.9. The first-order valence-electron chi connectivity index (χ1n) is 14.0. The molecule has 0 bridgehead atoms. The van der Waals surface area contributed by atoms with Crippen LogP contribution in [0.5, 0.6) is 5.75 Å². The summed E-state index contributed by atoms with van der Waals surface area (Å²) in [6.07, 6.45) is 22.4. The molecular weight excluding hydrogens is 402 g/mol. The van der Waals surface area contributed by atoms with Crippen LogP contribution in [0.2, 0.25) is 0 Å². The second-order valence-electron chi connectivity index (χ2n) is 10.3. The molecule has 0 amide bonds. The molecule has 2 heteroatoms. The first-order valence-corrected chi connectivity index (χ1v) is 14.0. The summed E-state index contributed by atoms with van der Waals surface area (Å²) >= 11 is 0. The van der Waals surface area contributed by atoms with Crippen LogP contribution in [0.4, 0.5) is 0 Å². The zero-order chi connectivity index (χ0) is 23.1. The predicted molar refractivity (Wildman–Crippen MR) is 142 cm³/mol. The highest BCUT2D eigenvalue weighted by atomic mass is 16.5. The maximum atomic E-state index is 6.16. The van der Waals surface area contributed by atoms with Crippen molar-refractivity contribution in [3.05, 3.63) is 48.2 Å². The number of nitrogens with zero attached hydrogens (tertiary/aromatic N) is 1. The van der Waals surface area contributed by atoms with Crippen LogP contribution < -0.4 is 4.74 Å². The van der Waals surface area contributed by atoms with Gasteiger partial charge in [-0.05, 0) is 73.4 Å². The minimum Gasteiger partial charge on any atom is -0.493 e. The van der Waals surface area contributed by atoms with Gasteiger partial charge in [-0.15, -0.1) is 0 Å². The van der Waals surface area contributed by atoms with Crippen LogP contribution in [0.1, 0.15) is 109 Å². The Morgan fingerprint density at radius 1 is 0.727 bits per heavy atom. The van der Waals surface area contributed by atoms with E-state index >= 15 is 0 Å². The Labute approximate surface area is 203 Å². The Hall–Kier alpha value is -1.83. The van der Waals surface area contributed by atoms with E-state index in [9.17, 15) is 0 Å². The number of aryl methyl sites for hydroxylation is 1. The van der Waals surface area contributed by atoms with Gasteiger partial charge >= 0.3 is 0 Å². The van der Waals surface area contributed by atoms with Crippen molar-refractivity contribution in [2.75, 3.05) is 6.61 Å². The Balaban J connectivity index is 1.35. The lowest BCUT2D eigenvalue weighted by atomic mass is 9.80. The quantitative estimate of drug-likeness (QED) is 0.253. The fourth-order valence-electron chi connectivity index (χ4n) is 5.16.